The second-order valence-corrected chi connectivity index (χ2v) is 7.16. The fourth-order valence-electron chi connectivity index (χ4n) is 1.11. The molecule has 4 nitrogen and oxygen atoms in total. The molecule has 1 rings (SSSR count). The molecule has 0 aliphatic carbocycles. The minimum atomic E-state index is -3.72. The summed E-state index contributed by atoms with van der Waals surface area (Å²) < 4.78 is 27.3. The third-order valence-corrected chi connectivity index (χ3v) is 4.76. The highest BCUT2D eigenvalue weighted by molar-refractivity contribution is 9.11. The van der Waals surface area contributed by atoms with Gasteiger partial charge in [0.25, 0.3) is 0 Å². The van der Waals surface area contributed by atoms with Gasteiger partial charge in [-0.2, -0.15) is 0 Å². The van der Waals surface area contributed by atoms with E-state index >= 15 is 0 Å². The summed E-state index contributed by atoms with van der Waals surface area (Å²) in [6, 6.07) is 3.11. The van der Waals surface area contributed by atoms with Crippen molar-refractivity contribution in [1.82, 2.24) is 4.72 Å². The van der Waals surface area contributed by atoms with Gasteiger partial charge in [-0.1, -0.05) is 34.1 Å². The molecule has 1 aromatic rings. The van der Waals surface area contributed by atoms with Crippen LogP contribution in [-0.2, 0) is 10.0 Å². The summed E-state index contributed by atoms with van der Waals surface area (Å²) in [6.07, 6.45) is 0. The van der Waals surface area contributed by atoms with Crippen LogP contribution in [0, 0.1) is 0 Å². The molecule has 8 heteroatoms. The molecule has 0 fully saturated rings. The molecule has 0 unspecified atom stereocenters. The molecule has 0 heterocycles. The van der Waals surface area contributed by atoms with Crippen LogP contribution < -0.4 is 10.5 Å². The Morgan fingerprint density at radius 2 is 2.06 bits per heavy atom. The van der Waals surface area contributed by atoms with Gasteiger partial charge in [-0.15, -0.1) is 0 Å². The number of hydrogen-bond acceptors (Lipinski definition) is 3. The SMILES string of the molecule is C=C(Cl)CNS(=O)(=O)c1c(N)cc(Br)cc1Br. The van der Waals surface area contributed by atoms with Gasteiger partial charge in [0.15, 0.2) is 0 Å². The third-order valence-electron chi connectivity index (χ3n) is 1.76. The number of rotatable bonds is 4. The van der Waals surface area contributed by atoms with E-state index in [4.69, 9.17) is 17.3 Å². The number of nitrogens with two attached hydrogens (primary N) is 1. The molecule has 0 spiro atoms. The summed E-state index contributed by atoms with van der Waals surface area (Å²) in [5.74, 6) is 0. The molecule has 0 bridgehead atoms. The van der Waals surface area contributed by atoms with Crippen molar-refractivity contribution in [2.24, 2.45) is 0 Å². The van der Waals surface area contributed by atoms with Crippen LogP contribution in [0.1, 0.15) is 0 Å². The average Bonchev–Trinajstić information content (AvgIpc) is 2.12. The van der Waals surface area contributed by atoms with Gasteiger partial charge in [0.2, 0.25) is 10.0 Å². The normalized spacial score (nSPS) is 11.5. The van der Waals surface area contributed by atoms with E-state index in [1.54, 1.807) is 6.07 Å². The summed E-state index contributed by atoms with van der Waals surface area (Å²) in [5.41, 5.74) is 5.82. The average molecular weight is 405 g/mol. The fraction of sp³-hybridized carbons (Fsp3) is 0.111. The zero-order chi connectivity index (χ0) is 13.2. The van der Waals surface area contributed by atoms with Crippen molar-refractivity contribution in [3.63, 3.8) is 0 Å². The van der Waals surface area contributed by atoms with E-state index in [9.17, 15) is 8.42 Å². The first-order chi connectivity index (χ1) is 7.74. The van der Waals surface area contributed by atoms with E-state index in [2.05, 4.69) is 43.2 Å². The quantitative estimate of drug-likeness (QED) is 0.758. The van der Waals surface area contributed by atoms with Crippen molar-refractivity contribution in [3.8, 4) is 0 Å². The predicted octanol–water partition coefficient (Wildman–Crippen LogP) is 2.82. The zero-order valence-corrected chi connectivity index (χ0v) is 13.2. The van der Waals surface area contributed by atoms with Crippen molar-refractivity contribution in [1.29, 1.82) is 0 Å². The van der Waals surface area contributed by atoms with Gasteiger partial charge in [-0.25, -0.2) is 13.1 Å². The van der Waals surface area contributed by atoms with E-state index < -0.39 is 10.0 Å². The van der Waals surface area contributed by atoms with E-state index in [0.717, 1.165) is 0 Å². The Balaban J connectivity index is 3.20. The highest BCUT2D eigenvalue weighted by Gasteiger charge is 2.21. The minimum absolute atomic E-state index is 0.0152. The first-order valence-corrected chi connectivity index (χ1v) is 7.76. The molecule has 0 aliphatic heterocycles. The summed E-state index contributed by atoms with van der Waals surface area (Å²) in [6.45, 7) is 3.35. The molecular formula is C9H9Br2ClN2O2S. The molecule has 0 saturated carbocycles. The number of anilines is 1. The Morgan fingerprint density at radius 3 is 2.53 bits per heavy atom. The number of nitrogens with one attached hydrogen (secondary N) is 1. The van der Waals surface area contributed by atoms with Gasteiger partial charge in [0.05, 0.1) is 5.69 Å². The Bertz CT molecular complexity index is 537. The number of sulfonamides is 1. The second kappa shape index (κ2) is 5.71. The third kappa shape index (κ3) is 3.96. The van der Waals surface area contributed by atoms with Crippen molar-refractivity contribution < 1.29 is 8.42 Å². The molecule has 0 aromatic heterocycles. The minimum Gasteiger partial charge on any atom is -0.398 e. The molecule has 1 aromatic carbocycles. The zero-order valence-electron chi connectivity index (χ0n) is 8.50. The van der Waals surface area contributed by atoms with Gasteiger partial charge in [0, 0.05) is 20.5 Å². The standard InChI is InChI=1S/C9H9Br2ClN2O2S/c1-5(12)4-14-17(15,16)9-7(11)2-6(10)3-8(9)13/h2-3,14H,1,4,13H2. The monoisotopic (exact) mass is 402 g/mol. The summed E-state index contributed by atoms with van der Waals surface area (Å²) in [4.78, 5) is -0.0152. The van der Waals surface area contributed by atoms with E-state index in [1.807, 2.05) is 0 Å². The Kier molecular flexibility index (Phi) is 5.03. The number of benzene rings is 1. The summed E-state index contributed by atoms with van der Waals surface area (Å²) >= 11 is 11.9. The molecule has 0 amide bonds. The lowest BCUT2D eigenvalue weighted by Gasteiger charge is -2.11. The fourth-order valence-corrected chi connectivity index (χ4v) is 4.35. The molecule has 0 radical (unpaired) electrons. The van der Waals surface area contributed by atoms with Crippen LogP contribution in [0.5, 0.6) is 0 Å². The van der Waals surface area contributed by atoms with Crippen molar-refractivity contribution in [2.75, 3.05) is 12.3 Å². The van der Waals surface area contributed by atoms with Gasteiger partial charge < -0.3 is 5.73 Å². The van der Waals surface area contributed by atoms with Crippen LogP contribution in [0.3, 0.4) is 0 Å². The summed E-state index contributed by atoms with van der Waals surface area (Å²) in [7, 11) is -3.72. The van der Waals surface area contributed by atoms with E-state index in [1.165, 1.54) is 6.07 Å². The maximum absolute atomic E-state index is 12.0. The number of nitrogen functional groups attached to an aromatic ring is 1. The molecule has 94 valence electrons. The lowest BCUT2D eigenvalue weighted by Crippen LogP contribution is -2.26. The van der Waals surface area contributed by atoms with Crippen LogP contribution in [0.4, 0.5) is 5.69 Å². The smallest absolute Gasteiger partial charge is 0.244 e. The highest BCUT2D eigenvalue weighted by atomic mass is 79.9. The number of hydrogen-bond donors (Lipinski definition) is 2. The van der Waals surface area contributed by atoms with Crippen LogP contribution >= 0.6 is 43.5 Å². The van der Waals surface area contributed by atoms with Crippen LogP contribution in [0.2, 0.25) is 0 Å². The molecular weight excluding hydrogens is 395 g/mol. The highest BCUT2D eigenvalue weighted by Crippen LogP contribution is 2.31. The molecule has 3 N–H and O–H groups in total. The molecule has 17 heavy (non-hydrogen) atoms. The van der Waals surface area contributed by atoms with Crippen molar-refractivity contribution in [3.05, 3.63) is 32.7 Å². The van der Waals surface area contributed by atoms with Crippen LogP contribution in [0.25, 0.3) is 0 Å². The maximum Gasteiger partial charge on any atom is 0.244 e. The van der Waals surface area contributed by atoms with Gasteiger partial charge in [-0.05, 0) is 28.1 Å². The van der Waals surface area contributed by atoms with Crippen LogP contribution in [-0.4, -0.2) is 15.0 Å². The Hall–Kier alpha value is -0.0800. The maximum atomic E-state index is 12.0. The lowest BCUT2D eigenvalue weighted by atomic mass is 10.3. The largest absolute Gasteiger partial charge is 0.398 e. The summed E-state index contributed by atoms with van der Waals surface area (Å²) in [5, 5.41) is 0.195. The van der Waals surface area contributed by atoms with E-state index in [0.29, 0.717) is 8.95 Å². The molecule has 0 atom stereocenters. The van der Waals surface area contributed by atoms with Crippen LogP contribution in [0.15, 0.2) is 37.6 Å². The number of halogens is 3. The molecule has 0 aliphatic rings. The topological polar surface area (TPSA) is 72.2 Å². The first kappa shape index (κ1) is 15.0. The Morgan fingerprint density at radius 1 is 1.47 bits per heavy atom. The Labute approximate surface area is 122 Å². The van der Waals surface area contributed by atoms with Crippen molar-refractivity contribution >= 4 is 59.2 Å². The van der Waals surface area contributed by atoms with E-state index in [-0.39, 0.29) is 22.2 Å². The predicted molar refractivity (Wildman–Crippen MR) is 76.4 cm³/mol. The van der Waals surface area contributed by atoms with Crippen molar-refractivity contribution in [2.45, 2.75) is 4.90 Å². The lowest BCUT2D eigenvalue weighted by molar-refractivity contribution is 0.585. The van der Waals surface area contributed by atoms with Gasteiger partial charge in [-0.3, -0.25) is 0 Å². The van der Waals surface area contributed by atoms with Gasteiger partial charge >= 0.3 is 0 Å². The van der Waals surface area contributed by atoms with Gasteiger partial charge in [0.1, 0.15) is 4.90 Å². The first-order valence-electron chi connectivity index (χ1n) is 4.31. The second-order valence-electron chi connectivity index (χ2n) is 3.15. The molecule has 0 saturated heterocycles.